The molecule has 0 radical (unpaired) electrons. The molecule has 5 heterocycles. The van der Waals surface area contributed by atoms with Crippen LogP contribution < -0.4 is 10.2 Å². The molecular weight excluding hydrogens is 428 g/mol. The summed E-state index contributed by atoms with van der Waals surface area (Å²) in [5, 5.41) is 8.02. The largest absolute Gasteiger partial charge is 0.354 e. The van der Waals surface area contributed by atoms with Crippen molar-refractivity contribution in [1.29, 1.82) is 0 Å². The maximum Gasteiger partial charge on any atom is 0.257 e. The number of hydrogen-bond donors (Lipinski definition) is 1. The summed E-state index contributed by atoms with van der Waals surface area (Å²) in [7, 11) is 1.87. The molecule has 1 saturated heterocycles. The second kappa shape index (κ2) is 9.18. The number of piperazine rings is 1. The predicted molar refractivity (Wildman–Crippen MR) is 133 cm³/mol. The second-order valence-electron chi connectivity index (χ2n) is 8.84. The number of carbonyl (C=O) groups excluding carboxylic acids is 1. The number of nitrogens with zero attached hydrogens (tertiary/aromatic N) is 7. The van der Waals surface area contributed by atoms with Crippen LogP contribution in [0.5, 0.6) is 0 Å². The molecule has 0 aliphatic carbocycles. The van der Waals surface area contributed by atoms with Gasteiger partial charge in [0.2, 0.25) is 0 Å². The number of aryl methyl sites for hydroxylation is 1. The summed E-state index contributed by atoms with van der Waals surface area (Å²) >= 11 is 0. The molecule has 1 amide bonds. The quantitative estimate of drug-likeness (QED) is 0.493. The molecule has 5 rings (SSSR count). The molecule has 0 saturated carbocycles. The molecule has 0 spiro atoms. The third kappa shape index (κ3) is 4.60. The first kappa shape index (κ1) is 22.0. The molecule has 1 aliphatic rings. The molecule has 9 heteroatoms. The lowest BCUT2D eigenvalue weighted by atomic mass is 10.2. The highest BCUT2D eigenvalue weighted by atomic mass is 16.1. The monoisotopic (exact) mass is 456 g/mol. The fourth-order valence-electron chi connectivity index (χ4n) is 4.19. The highest BCUT2D eigenvalue weighted by Gasteiger charge is 2.20. The van der Waals surface area contributed by atoms with E-state index in [1.807, 2.05) is 31.4 Å². The number of anilines is 2. The Morgan fingerprint density at radius 2 is 1.85 bits per heavy atom. The summed E-state index contributed by atoms with van der Waals surface area (Å²) in [5.41, 5.74) is 3.06. The highest BCUT2D eigenvalue weighted by Crippen LogP contribution is 2.22. The summed E-state index contributed by atoms with van der Waals surface area (Å²) in [6.07, 6.45) is 7.11. The van der Waals surface area contributed by atoms with E-state index in [-0.39, 0.29) is 5.91 Å². The standard InChI is InChI=1S/C25H28N8O/c1-17(2)32-8-10-33(11-9-32)24-12-18(6-7-26-24)25(34)30-23-13-22-19(14-27-23)4-5-21(29-22)20-15-28-31(3)16-20/h4-7,12-17H,8-11H2,1-3H3,(H,27,30,34). The first-order valence-electron chi connectivity index (χ1n) is 11.5. The number of nitrogens with one attached hydrogen (secondary N) is 1. The molecule has 0 atom stereocenters. The van der Waals surface area contributed by atoms with E-state index in [0.29, 0.717) is 17.4 Å². The molecule has 4 aromatic rings. The van der Waals surface area contributed by atoms with Gasteiger partial charge < -0.3 is 10.2 Å². The van der Waals surface area contributed by atoms with Crippen molar-refractivity contribution >= 4 is 28.4 Å². The van der Waals surface area contributed by atoms with Gasteiger partial charge in [-0.05, 0) is 38.1 Å². The minimum atomic E-state index is -0.222. The van der Waals surface area contributed by atoms with Crippen molar-refractivity contribution in [2.75, 3.05) is 36.4 Å². The van der Waals surface area contributed by atoms with Gasteiger partial charge in [-0.1, -0.05) is 0 Å². The lowest BCUT2D eigenvalue weighted by Gasteiger charge is -2.37. The summed E-state index contributed by atoms with van der Waals surface area (Å²) in [6.45, 7) is 8.21. The molecule has 0 unspecified atom stereocenters. The van der Waals surface area contributed by atoms with Gasteiger partial charge in [0.25, 0.3) is 5.91 Å². The average molecular weight is 457 g/mol. The van der Waals surface area contributed by atoms with Gasteiger partial charge in [-0.15, -0.1) is 0 Å². The fraction of sp³-hybridized carbons (Fsp3) is 0.320. The van der Waals surface area contributed by atoms with Crippen LogP contribution in [0.4, 0.5) is 11.6 Å². The number of hydrogen-bond acceptors (Lipinski definition) is 7. The van der Waals surface area contributed by atoms with Gasteiger partial charge in [-0.25, -0.2) is 15.0 Å². The molecule has 1 fully saturated rings. The normalized spacial score (nSPS) is 14.6. The third-order valence-electron chi connectivity index (χ3n) is 6.19. The Morgan fingerprint density at radius 1 is 1.03 bits per heavy atom. The second-order valence-corrected chi connectivity index (χ2v) is 8.84. The fourth-order valence-corrected chi connectivity index (χ4v) is 4.19. The van der Waals surface area contributed by atoms with Crippen LogP contribution in [-0.2, 0) is 7.05 Å². The van der Waals surface area contributed by atoms with E-state index in [4.69, 9.17) is 4.98 Å². The van der Waals surface area contributed by atoms with Crippen molar-refractivity contribution in [3.8, 4) is 11.3 Å². The van der Waals surface area contributed by atoms with Gasteiger partial charge in [-0.2, -0.15) is 5.10 Å². The smallest absolute Gasteiger partial charge is 0.257 e. The molecule has 4 aromatic heterocycles. The molecule has 9 nitrogen and oxygen atoms in total. The van der Waals surface area contributed by atoms with Crippen LogP contribution in [-0.4, -0.2) is 67.8 Å². The Balaban J connectivity index is 1.32. The summed E-state index contributed by atoms with van der Waals surface area (Å²) < 4.78 is 1.74. The van der Waals surface area contributed by atoms with E-state index >= 15 is 0 Å². The molecule has 0 bridgehead atoms. The van der Waals surface area contributed by atoms with Crippen LogP contribution in [0.3, 0.4) is 0 Å². The van der Waals surface area contributed by atoms with Crippen LogP contribution in [0, 0.1) is 0 Å². The van der Waals surface area contributed by atoms with Crippen molar-refractivity contribution in [3.63, 3.8) is 0 Å². The van der Waals surface area contributed by atoms with Gasteiger partial charge in [-0.3, -0.25) is 14.4 Å². The van der Waals surface area contributed by atoms with Crippen molar-refractivity contribution in [2.24, 2.45) is 7.05 Å². The van der Waals surface area contributed by atoms with Crippen LogP contribution in [0.2, 0.25) is 0 Å². The lowest BCUT2D eigenvalue weighted by Crippen LogP contribution is -2.49. The number of fused-ring (bicyclic) bond motifs is 1. The first-order chi connectivity index (χ1) is 16.5. The minimum absolute atomic E-state index is 0.222. The van der Waals surface area contributed by atoms with Crippen LogP contribution >= 0.6 is 0 Å². The zero-order valence-corrected chi connectivity index (χ0v) is 19.6. The zero-order chi connectivity index (χ0) is 23.7. The maximum atomic E-state index is 13.0. The third-order valence-corrected chi connectivity index (χ3v) is 6.19. The Morgan fingerprint density at radius 3 is 2.59 bits per heavy atom. The molecule has 1 N–H and O–H groups in total. The Kier molecular flexibility index (Phi) is 5.93. The summed E-state index contributed by atoms with van der Waals surface area (Å²) in [4.78, 5) is 31.3. The van der Waals surface area contributed by atoms with Gasteiger partial charge in [0.05, 0.1) is 17.4 Å². The Bertz CT molecular complexity index is 1320. The molecule has 34 heavy (non-hydrogen) atoms. The minimum Gasteiger partial charge on any atom is -0.354 e. The lowest BCUT2D eigenvalue weighted by molar-refractivity contribution is 0.102. The maximum absolute atomic E-state index is 13.0. The van der Waals surface area contributed by atoms with Crippen molar-refractivity contribution < 1.29 is 4.79 Å². The predicted octanol–water partition coefficient (Wildman–Crippen LogP) is 3.21. The number of rotatable bonds is 5. The van der Waals surface area contributed by atoms with Crippen LogP contribution in [0.15, 0.2) is 55.1 Å². The number of pyridine rings is 3. The SMILES string of the molecule is CC(C)N1CCN(c2cc(C(=O)Nc3cc4nc(-c5cnn(C)c5)ccc4cn3)ccn2)CC1. The number of carbonyl (C=O) groups is 1. The Hall–Kier alpha value is -3.85. The topological polar surface area (TPSA) is 92.1 Å². The van der Waals surface area contributed by atoms with Gasteiger partial charge in [0, 0.05) is 80.4 Å². The van der Waals surface area contributed by atoms with Crippen molar-refractivity contribution in [1.82, 2.24) is 29.6 Å². The molecular formula is C25H28N8O. The van der Waals surface area contributed by atoms with E-state index in [1.165, 1.54) is 0 Å². The molecule has 174 valence electrons. The number of aromatic nitrogens is 5. The van der Waals surface area contributed by atoms with E-state index in [2.05, 4.69) is 44.0 Å². The van der Waals surface area contributed by atoms with Crippen LogP contribution in [0.1, 0.15) is 24.2 Å². The van der Waals surface area contributed by atoms with Crippen LogP contribution in [0.25, 0.3) is 22.2 Å². The molecule has 1 aliphatic heterocycles. The molecule has 0 aromatic carbocycles. The van der Waals surface area contributed by atoms with E-state index in [0.717, 1.165) is 54.2 Å². The Labute approximate surface area is 198 Å². The summed E-state index contributed by atoms with van der Waals surface area (Å²) in [5.74, 6) is 1.06. The first-order valence-corrected chi connectivity index (χ1v) is 11.5. The van der Waals surface area contributed by atoms with Crippen molar-refractivity contribution in [3.05, 3.63) is 60.7 Å². The van der Waals surface area contributed by atoms with Gasteiger partial charge >= 0.3 is 0 Å². The van der Waals surface area contributed by atoms with E-state index in [9.17, 15) is 4.79 Å². The zero-order valence-electron chi connectivity index (χ0n) is 19.6. The van der Waals surface area contributed by atoms with Gasteiger partial charge in [0.15, 0.2) is 0 Å². The van der Waals surface area contributed by atoms with Gasteiger partial charge in [0.1, 0.15) is 11.6 Å². The summed E-state index contributed by atoms with van der Waals surface area (Å²) in [6, 6.07) is 9.82. The average Bonchev–Trinajstić information content (AvgIpc) is 3.30. The number of amides is 1. The highest BCUT2D eigenvalue weighted by molar-refractivity contribution is 6.04. The van der Waals surface area contributed by atoms with Crippen molar-refractivity contribution in [2.45, 2.75) is 19.9 Å². The van der Waals surface area contributed by atoms with E-state index in [1.54, 1.807) is 35.4 Å². The van der Waals surface area contributed by atoms with E-state index < -0.39 is 0 Å².